The van der Waals surface area contributed by atoms with Crippen LogP contribution in [0, 0.1) is 11.3 Å². The Hall–Kier alpha value is -0.970. The number of rotatable bonds is 4. The molecule has 1 saturated heterocycles. The summed E-state index contributed by atoms with van der Waals surface area (Å²) >= 11 is 1.60. The molecule has 0 bridgehead atoms. The maximum absolute atomic E-state index is 4.67. The van der Waals surface area contributed by atoms with Gasteiger partial charge in [0.1, 0.15) is 11.6 Å². The Morgan fingerprint density at radius 1 is 1.40 bits per heavy atom. The molecule has 1 aliphatic heterocycles. The molecule has 1 aromatic rings. The first-order valence-corrected chi connectivity index (χ1v) is 8.58. The van der Waals surface area contributed by atoms with Gasteiger partial charge in [0.2, 0.25) is 0 Å². The molecule has 20 heavy (non-hydrogen) atoms. The van der Waals surface area contributed by atoms with Crippen LogP contribution < -0.4 is 10.2 Å². The summed E-state index contributed by atoms with van der Waals surface area (Å²) in [5.74, 6) is 2.73. The second-order valence-corrected chi connectivity index (χ2v) is 7.20. The maximum atomic E-state index is 4.67. The van der Waals surface area contributed by atoms with Gasteiger partial charge in [0.25, 0.3) is 0 Å². The molecular weight excluding hydrogens is 268 g/mol. The summed E-state index contributed by atoms with van der Waals surface area (Å²) in [6.45, 7) is 12.2. The largest absolute Gasteiger partial charge is 0.370 e. The van der Waals surface area contributed by atoms with Gasteiger partial charge in [-0.05, 0) is 30.9 Å². The van der Waals surface area contributed by atoms with E-state index in [1.807, 2.05) is 6.26 Å². The summed E-state index contributed by atoms with van der Waals surface area (Å²) in [4.78, 5) is 11.6. The van der Waals surface area contributed by atoms with Gasteiger partial charge in [-0.25, -0.2) is 9.97 Å². The van der Waals surface area contributed by atoms with Crippen LogP contribution in [0.25, 0.3) is 0 Å². The van der Waals surface area contributed by atoms with Crippen LogP contribution in [0.15, 0.2) is 11.2 Å². The molecular formula is C15H26N4S. The van der Waals surface area contributed by atoms with Crippen LogP contribution in [0.2, 0.25) is 0 Å². The minimum absolute atomic E-state index is 0.370. The van der Waals surface area contributed by atoms with Crippen LogP contribution >= 0.6 is 11.8 Å². The molecule has 0 aliphatic carbocycles. The smallest absolute Gasteiger partial charge is 0.191 e. The van der Waals surface area contributed by atoms with Crippen LogP contribution in [0.1, 0.15) is 34.1 Å². The zero-order valence-corrected chi connectivity index (χ0v) is 14.0. The van der Waals surface area contributed by atoms with E-state index in [2.05, 4.69) is 53.9 Å². The molecule has 0 spiro atoms. The molecule has 0 saturated carbocycles. The highest BCUT2D eigenvalue weighted by Gasteiger charge is 2.32. The van der Waals surface area contributed by atoms with Crippen molar-refractivity contribution in [1.29, 1.82) is 0 Å². The van der Waals surface area contributed by atoms with Gasteiger partial charge in [-0.1, -0.05) is 32.5 Å². The maximum Gasteiger partial charge on any atom is 0.191 e. The third-order valence-electron chi connectivity index (χ3n) is 3.97. The molecule has 4 nitrogen and oxygen atoms in total. The molecule has 5 heteroatoms. The van der Waals surface area contributed by atoms with E-state index in [0.717, 1.165) is 42.3 Å². The minimum atomic E-state index is 0.370. The van der Waals surface area contributed by atoms with E-state index >= 15 is 0 Å². The lowest BCUT2D eigenvalue weighted by atomic mass is 9.80. The highest BCUT2D eigenvalue weighted by Crippen LogP contribution is 2.35. The summed E-state index contributed by atoms with van der Waals surface area (Å²) in [7, 11) is 0. The second kappa shape index (κ2) is 6.20. The summed E-state index contributed by atoms with van der Waals surface area (Å²) in [5.41, 5.74) is 0.370. The molecule has 1 unspecified atom stereocenters. The van der Waals surface area contributed by atoms with Crippen LogP contribution in [0.3, 0.4) is 0 Å². The standard InChI is InChI=1S/C15H26N4S/c1-6-16-12-9-13(18-14(17-12)20-5)19-8-7-11(10-19)15(2,3)4/h9,11H,6-8,10H2,1-5H3,(H,16,17,18). The molecule has 1 N–H and O–H groups in total. The Morgan fingerprint density at radius 2 is 2.15 bits per heavy atom. The van der Waals surface area contributed by atoms with Gasteiger partial charge in [-0.2, -0.15) is 0 Å². The quantitative estimate of drug-likeness (QED) is 0.680. The SMILES string of the molecule is CCNc1cc(N2CCC(C(C)(C)C)C2)nc(SC)n1. The number of thioether (sulfide) groups is 1. The normalized spacial score (nSPS) is 19.4. The van der Waals surface area contributed by atoms with Gasteiger partial charge >= 0.3 is 0 Å². The lowest BCUT2D eigenvalue weighted by molar-refractivity contribution is 0.263. The van der Waals surface area contributed by atoms with Crippen molar-refractivity contribution in [3.8, 4) is 0 Å². The Labute approximate surface area is 126 Å². The van der Waals surface area contributed by atoms with Crippen LogP contribution in [0.4, 0.5) is 11.6 Å². The van der Waals surface area contributed by atoms with Crippen molar-refractivity contribution in [2.45, 2.75) is 39.3 Å². The Balaban J connectivity index is 2.18. The third kappa shape index (κ3) is 3.57. The van der Waals surface area contributed by atoms with Crippen LogP contribution in [-0.2, 0) is 0 Å². The second-order valence-electron chi connectivity index (χ2n) is 6.43. The average molecular weight is 294 g/mol. The minimum Gasteiger partial charge on any atom is -0.370 e. The number of aromatic nitrogens is 2. The van der Waals surface area contributed by atoms with Gasteiger partial charge in [-0.15, -0.1) is 0 Å². The Kier molecular flexibility index (Phi) is 4.78. The highest BCUT2D eigenvalue weighted by atomic mass is 32.2. The fourth-order valence-electron chi connectivity index (χ4n) is 2.61. The Bertz CT molecular complexity index is 456. The Morgan fingerprint density at radius 3 is 2.70 bits per heavy atom. The first-order chi connectivity index (χ1) is 9.44. The van der Waals surface area contributed by atoms with Crippen molar-refractivity contribution in [3.05, 3.63) is 6.07 Å². The van der Waals surface area contributed by atoms with E-state index in [0.29, 0.717) is 5.41 Å². The van der Waals surface area contributed by atoms with Crippen molar-refractivity contribution in [2.24, 2.45) is 11.3 Å². The molecule has 112 valence electrons. The van der Waals surface area contributed by atoms with Crippen molar-refractivity contribution in [3.63, 3.8) is 0 Å². The predicted octanol–water partition coefficient (Wildman–Crippen LogP) is 3.50. The van der Waals surface area contributed by atoms with Crippen LogP contribution in [0.5, 0.6) is 0 Å². The molecule has 0 radical (unpaired) electrons. The molecule has 2 rings (SSSR count). The molecule has 0 aromatic carbocycles. The van der Waals surface area contributed by atoms with Crippen molar-refractivity contribution < 1.29 is 0 Å². The van der Waals surface area contributed by atoms with Crippen molar-refractivity contribution in [1.82, 2.24) is 9.97 Å². The summed E-state index contributed by atoms with van der Waals surface area (Å²) in [6, 6.07) is 2.08. The topological polar surface area (TPSA) is 41.0 Å². The van der Waals surface area contributed by atoms with Gasteiger partial charge in [0.15, 0.2) is 5.16 Å². The molecule has 1 aliphatic rings. The summed E-state index contributed by atoms with van der Waals surface area (Å²) in [6.07, 6.45) is 3.27. The number of nitrogens with zero attached hydrogens (tertiary/aromatic N) is 3. The molecule has 1 fully saturated rings. The number of hydrogen-bond acceptors (Lipinski definition) is 5. The third-order valence-corrected chi connectivity index (χ3v) is 4.52. The van der Waals surface area contributed by atoms with Crippen LogP contribution in [-0.4, -0.2) is 35.9 Å². The van der Waals surface area contributed by atoms with Gasteiger partial charge in [-0.3, -0.25) is 0 Å². The van der Waals surface area contributed by atoms with E-state index in [-0.39, 0.29) is 0 Å². The first kappa shape index (κ1) is 15.4. The first-order valence-electron chi connectivity index (χ1n) is 7.36. The van der Waals surface area contributed by atoms with E-state index in [9.17, 15) is 0 Å². The van der Waals surface area contributed by atoms with E-state index in [4.69, 9.17) is 0 Å². The predicted molar refractivity (Wildman–Crippen MR) is 87.8 cm³/mol. The lowest BCUT2D eigenvalue weighted by Crippen LogP contribution is -2.26. The van der Waals surface area contributed by atoms with E-state index in [1.54, 1.807) is 11.8 Å². The number of hydrogen-bond donors (Lipinski definition) is 1. The van der Waals surface area contributed by atoms with Gasteiger partial charge < -0.3 is 10.2 Å². The fourth-order valence-corrected chi connectivity index (χ4v) is 2.99. The molecule has 1 aromatic heterocycles. The van der Waals surface area contributed by atoms with E-state index < -0.39 is 0 Å². The molecule has 1 atom stereocenters. The number of anilines is 2. The van der Waals surface area contributed by atoms with Crippen molar-refractivity contribution in [2.75, 3.05) is 36.1 Å². The monoisotopic (exact) mass is 294 g/mol. The van der Waals surface area contributed by atoms with Crippen molar-refractivity contribution >= 4 is 23.4 Å². The summed E-state index contributed by atoms with van der Waals surface area (Å²) in [5, 5.41) is 4.14. The zero-order valence-electron chi connectivity index (χ0n) is 13.2. The van der Waals surface area contributed by atoms with Gasteiger partial charge in [0.05, 0.1) is 0 Å². The zero-order chi connectivity index (χ0) is 14.8. The van der Waals surface area contributed by atoms with E-state index in [1.165, 1.54) is 6.42 Å². The molecule has 0 amide bonds. The number of nitrogens with one attached hydrogen (secondary N) is 1. The highest BCUT2D eigenvalue weighted by molar-refractivity contribution is 7.98. The fraction of sp³-hybridized carbons (Fsp3) is 0.733. The summed E-state index contributed by atoms with van der Waals surface area (Å²) < 4.78 is 0. The molecule has 2 heterocycles. The van der Waals surface area contributed by atoms with Gasteiger partial charge in [0, 0.05) is 25.7 Å². The average Bonchev–Trinajstić information content (AvgIpc) is 2.88. The lowest BCUT2D eigenvalue weighted by Gasteiger charge is -2.27.